The summed E-state index contributed by atoms with van der Waals surface area (Å²) in [6.07, 6.45) is 1.05. The molecular formula is C21H22FN3O3. The van der Waals surface area contributed by atoms with E-state index in [4.69, 9.17) is 4.74 Å². The molecule has 1 fully saturated rings. The summed E-state index contributed by atoms with van der Waals surface area (Å²) < 4.78 is 22.0. The van der Waals surface area contributed by atoms with Crippen LogP contribution in [0, 0.1) is 5.82 Å². The second-order valence-electron chi connectivity index (χ2n) is 7.26. The number of imidazole rings is 1. The smallest absolute Gasteiger partial charge is 0.328 e. The monoisotopic (exact) mass is 383 g/mol. The lowest BCUT2D eigenvalue weighted by molar-refractivity contribution is -0.125. The van der Waals surface area contributed by atoms with Gasteiger partial charge in [0.1, 0.15) is 5.82 Å². The van der Waals surface area contributed by atoms with E-state index in [2.05, 4.69) is 5.32 Å². The Hall–Kier alpha value is -2.93. The molecule has 0 aliphatic carbocycles. The van der Waals surface area contributed by atoms with Crippen molar-refractivity contribution in [1.29, 1.82) is 0 Å². The van der Waals surface area contributed by atoms with E-state index in [9.17, 15) is 14.0 Å². The number of ether oxygens (including phenoxy) is 1. The number of carbonyl (C=O) groups is 1. The zero-order chi connectivity index (χ0) is 19.9. The minimum Gasteiger partial charge on any atom is -0.381 e. The molecule has 1 aromatic heterocycles. The highest BCUT2D eigenvalue weighted by atomic mass is 19.1. The van der Waals surface area contributed by atoms with Crippen molar-refractivity contribution in [3.8, 4) is 0 Å². The van der Waals surface area contributed by atoms with Crippen LogP contribution in [0.3, 0.4) is 0 Å². The lowest BCUT2D eigenvalue weighted by Gasteiger charge is -2.36. The Kier molecular flexibility index (Phi) is 4.55. The van der Waals surface area contributed by atoms with Gasteiger partial charge in [0.15, 0.2) is 0 Å². The van der Waals surface area contributed by atoms with E-state index in [0.717, 1.165) is 16.6 Å². The van der Waals surface area contributed by atoms with Gasteiger partial charge in [0, 0.05) is 33.0 Å². The first kappa shape index (κ1) is 18.4. The molecular weight excluding hydrogens is 361 g/mol. The Morgan fingerprint density at radius 2 is 1.68 bits per heavy atom. The van der Waals surface area contributed by atoms with Crippen LogP contribution in [0.15, 0.2) is 47.3 Å². The van der Waals surface area contributed by atoms with Crippen molar-refractivity contribution < 1.29 is 13.9 Å². The van der Waals surface area contributed by atoms with Crippen molar-refractivity contribution >= 4 is 22.6 Å². The SMILES string of the molecule is Cn1c(=O)n(C)c2cc(NC(=O)C3(c4ccc(F)cc4)CCOCC3)ccc21. The molecule has 7 heteroatoms. The summed E-state index contributed by atoms with van der Waals surface area (Å²) in [6.45, 7) is 0.939. The third kappa shape index (κ3) is 2.92. The summed E-state index contributed by atoms with van der Waals surface area (Å²) in [5.74, 6) is -0.482. The van der Waals surface area contributed by atoms with E-state index in [1.54, 1.807) is 47.5 Å². The Labute approximate surface area is 161 Å². The van der Waals surface area contributed by atoms with Crippen molar-refractivity contribution in [2.75, 3.05) is 18.5 Å². The van der Waals surface area contributed by atoms with Crippen LogP contribution in [0.4, 0.5) is 10.1 Å². The van der Waals surface area contributed by atoms with Crippen LogP contribution in [-0.4, -0.2) is 28.3 Å². The number of nitrogens with zero attached hydrogens (tertiary/aromatic N) is 2. The molecule has 1 N–H and O–H groups in total. The van der Waals surface area contributed by atoms with E-state index in [0.29, 0.717) is 31.7 Å². The number of amides is 1. The number of nitrogens with one attached hydrogen (secondary N) is 1. The van der Waals surface area contributed by atoms with E-state index in [1.165, 1.54) is 12.1 Å². The number of aromatic nitrogens is 2. The molecule has 4 rings (SSSR count). The standard InChI is InChI=1S/C21H22FN3O3/c1-24-17-8-7-16(13-18(17)25(2)20(24)27)23-19(26)21(9-11-28-12-10-21)14-3-5-15(22)6-4-14/h3-8,13H,9-12H2,1-2H3,(H,23,26). The molecule has 0 bridgehead atoms. The van der Waals surface area contributed by atoms with Crippen LogP contribution in [0.1, 0.15) is 18.4 Å². The van der Waals surface area contributed by atoms with Crippen LogP contribution in [0.2, 0.25) is 0 Å². The average molecular weight is 383 g/mol. The second-order valence-corrected chi connectivity index (χ2v) is 7.26. The maximum Gasteiger partial charge on any atom is 0.328 e. The number of aryl methyl sites for hydroxylation is 2. The van der Waals surface area contributed by atoms with Gasteiger partial charge in [-0.2, -0.15) is 0 Å². The van der Waals surface area contributed by atoms with Crippen LogP contribution in [-0.2, 0) is 29.0 Å². The van der Waals surface area contributed by atoms with Crippen LogP contribution in [0.5, 0.6) is 0 Å². The van der Waals surface area contributed by atoms with Crippen LogP contribution in [0.25, 0.3) is 11.0 Å². The highest BCUT2D eigenvalue weighted by Gasteiger charge is 2.41. The fourth-order valence-corrected chi connectivity index (χ4v) is 3.97. The molecule has 1 saturated heterocycles. The third-order valence-corrected chi connectivity index (χ3v) is 5.71. The molecule has 0 radical (unpaired) electrons. The minimum absolute atomic E-state index is 0.120. The highest BCUT2D eigenvalue weighted by molar-refractivity contribution is 6.00. The molecule has 1 aliphatic heterocycles. The zero-order valence-corrected chi connectivity index (χ0v) is 15.9. The van der Waals surface area contributed by atoms with Gasteiger partial charge in [-0.15, -0.1) is 0 Å². The third-order valence-electron chi connectivity index (χ3n) is 5.71. The lowest BCUT2D eigenvalue weighted by atomic mass is 9.73. The molecule has 3 aromatic rings. The number of rotatable bonds is 3. The fourth-order valence-electron chi connectivity index (χ4n) is 3.97. The predicted molar refractivity (Wildman–Crippen MR) is 105 cm³/mol. The van der Waals surface area contributed by atoms with Gasteiger partial charge in [-0.25, -0.2) is 9.18 Å². The van der Waals surface area contributed by atoms with Gasteiger partial charge in [0.05, 0.1) is 16.4 Å². The first-order chi connectivity index (χ1) is 13.4. The Bertz CT molecular complexity index is 1090. The normalized spacial score (nSPS) is 16.2. The summed E-state index contributed by atoms with van der Waals surface area (Å²) in [7, 11) is 3.42. The van der Waals surface area contributed by atoms with Crippen molar-refractivity contribution in [2.24, 2.45) is 14.1 Å². The molecule has 0 unspecified atom stereocenters. The zero-order valence-electron chi connectivity index (χ0n) is 15.9. The molecule has 28 heavy (non-hydrogen) atoms. The maximum absolute atomic E-state index is 13.4. The van der Waals surface area contributed by atoms with Gasteiger partial charge < -0.3 is 10.1 Å². The molecule has 146 valence electrons. The van der Waals surface area contributed by atoms with Crippen LogP contribution >= 0.6 is 0 Å². The Balaban J connectivity index is 1.70. The number of hydrogen-bond donors (Lipinski definition) is 1. The average Bonchev–Trinajstić information content (AvgIpc) is 2.93. The largest absolute Gasteiger partial charge is 0.381 e. The van der Waals surface area contributed by atoms with Crippen molar-refractivity contribution in [3.63, 3.8) is 0 Å². The molecule has 0 atom stereocenters. The van der Waals surface area contributed by atoms with Crippen molar-refractivity contribution in [1.82, 2.24) is 9.13 Å². The number of fused-ring (bicyclic) bond motifs is 1. The van der Waals surface area contributed by atoms with Crippen LogP contribution < -0.4 is 11.0 Å². The van der Waals surface area contributed by atoms with E-state index in [1.807, 2.05) is 6.07 Å². The molecule has 1 amide bonds. The second kappa shape index (κ2) is 6.91. The Morgan fingerprint density at radius 3 is 2.36 bits per heavy atom. The summed E-state index contributed by atoms with van der Waals surface area (Å²) in [6, 6.07) is 11.5. The van der Waals surface area contributed by atoms with Crippen molar-refractivity contribution in [2.45, 2.75) is 18.3 Å². The fraction of sp³-hybridized carbons (Fsp3) is 0.333. The lowest BCUT2D eigenvalue weighted by Crippen LogP contribution is -2.44. The number of benzene rings is 2. The topological polar surface area (TPSA) is 65.3 Å². The van der Waals surface area contributed by atoms with Gasteiger partial charge in [0.25, 0.3) is 0 Å². The minimum atomic E-state index is -0.774. The molecule has 2 heterocycles. The molecule has 1 aliphatic rings. The molecule has 2 aromatic carbocycles. The summed E-state index contributed by atoms with van der Waals surface area (Å²) in [5, 5.41) is 3.00. The summed E-state index contributed by atoms with van der Waals surface area (Å²) in [5.41, 5.74) is 2.04. The van der Waals surface area contributed by atoms with Crippen molar-refractivity contribution in [3.05, 3.63) is 64.3 Å². The molecule has 6 nitrogen and oxygen atoms in total. The predicted octanol–water partition coefficient (Wildman–Crippen LogP) is 2.70. The van der Waals surface area contributed by atoms with Gasteiger partial charge in [-0.3, -0.25) is 13.9 Å². The first-order valence-electron chi connectivity index (χ1n) is 9.23. The van der Waals surface area contributed by atoms with E-state index < -0.39 is 5.41 Å². The first-order valence-corrected chi connectivity index (χ1v) is 9.23. The Morgan fingerprint density at radius 1 is 1.04 bits per heavy atom. The van der Waals surface area contributed by atoms with Gasteiger partial charge in [0.2, 0.25) is 5.91 Å². The van der Waals surface area contributed by atoms with Gasteiger partial charge in [-0.05, 0) is 48.7 Å². The van der Waals surface area contributed by atoms with Gasteiger partial charge in [-0.1, -0.05) is 12.1 Å². The quantitative estimate of drug-likeness (QED) is 0.756. The number of carbonyl (C=O) groups excluding carboxylic acids is 1. The summed E-state index contributed by atoms with van der Waals surface area (Å²) >= 11 is 0. The highest BCUT2D eigenvalue weighted by Crippen LogP contribution is 2.36. The number of anilines is 1. The molecule has 0 saturated carbocycles. The number of hydrogen-bond acceptors (Lipinski definition) is 3. The van der Waals surface area contributed by atoms with Gasteiger partial charge >= 0.3 is 5.69 Å². The summed E-state index contributed by atoms with van der Waals surface area (Å²) in [4.78, 5) is 25.5. The van der Waals surface area contributed by atoms with E-state index >= 15 is 0 Å². The maximum atomic E-state index is 13.4. The van der Waals surface area contributed by atoms with E-state index in [-0.39, 0.29) is 17.4 Å². The molecule has 0 spiro atoms. The number of halogens is 1.